The second-order valence-electron chi connectivity index (χ2n) is 8.25. The van der Waals surface area contributed by atoms with E-state index in [9.17, 15) is 4.79 Å². The van der Waals surface area contributed by atoms with Gasteiger partial charge in [0, 0.05) is 24.9 Å². The van der Waals surface area contributed by atoms with Crippen molar-refractivity contribution in [2.75, 3.05) is 0 Å². The van der Waals surface area contributed by atoms with Crippen LogP contribution in [0.3, 0.4) is 0 Å². The number of ether oxygens (including phenoxy) is 2. The van der Waals surface area contributed by atoms with E-state index < -0.39 is 0 Å². The van der Waals surface area contributed by atoms with Gasteiger partial charge in [-0.1, -0.05) is 72.8 Å². The largest absolute Gasteiger partial charge is 0.473 e. The highest BCUT2D eigenvalue weighted by molar-refractivity contribution is 5.95. The Morgan fingerprint density at radius 1 is 0.800 bits per heavy atom. The SMILES string of the molecule is Cn1nc(-c2ccc(OCc3ccccc3)nc2OCc2ccccc2)c2ccc(CC=O)cc21. The normalized spacial score (nSPS) is 10.9. The van der Waals surface area contributed by atoms with Crippen LogP contribution in [0.1, 0.15) is 16.7 Å². The van der Waals surface area contributed by atoms with Crippen molar-refractivity contribution in [3.05, 3.63) is 108 Å². The summed E-state index contributed by atoms with van der Waals surface area (Å²) in [6, 6.07) is 29.7. The van der Waals surface area contributed by atoms with Crippen molar-refractivity contribution in [1.82, 2.24) is 14.8 Å². The smallest absolute Gasteiger partial charge is 0.226 e. The molecular weight excluding hydrogens is 438 g/mol. The number of aldehydes is 1. The number of benzene rings is 3. The molecule has 0 saturated carbocycles. The zero-order chi connectivity index (χ0) is 24.0. The van der Waals surface area contributed by atoms with E-state index in [4.69, 9.17) is 19.6 Å². The Morgan fingerprint density at radius 3 is 2.17 bits per heavy atom. The molecule has 0 aliphatic carbocycles. The molecule has 2 aromatic heterocycles. The van der Waals surface area contributed by atoms with Gasteiger partial charge in [0.2, 0.25) is 11.8 Å². The van der Waals surface area contributed by atoms with Gasteiger partial charge in [0.15, 0.2) is 0 Å². The highest BCUT2D eigenvalue weighted by atomic mass is 16.5. The number of aromatic nitrogens is 3. The van der Waals surface area contributed by atoms with E-state index in [0.29, 0.717) is 31.4 Å². The summed E-state index contributed by atoms with van der Waals surface area (Å²) < 4.78 is 14.0. The number of nitrogens with zero attached hydrogens (tertiary/aromatic N) is 3. The number of hydrogen-bond donors (Lipinski definition) is 0. The first kappa shape index (κ1) is 22.3. The lowest BCUT2D eigenvalue weighted by atomic mass is 10.1. The Bertz CT molecular complexity index is 1450. The molecule has 0 saturated heterocycles. The third-order valence-corrected chi connectivity index (χ3v) is 5.77. The Morgan fingerprint density at radius 2 is 1.49 bits per heavy atom. The van der Waals surface area contributed by atoms with Crippen LogP contribution in [0.4, 0.5) is 0 Å². The fraction of sp³-hybridized carbons (Fsp3) is 0.138. The van der Waals surface area contributed by atoms with E-state index in [2.05, 4.69) is 0 Å². The second kappa shape index (κ2) is 10.2. The zero-order valence-electron chi connectivity index (χ0n) is 19.4. The third-order valence-electron chi connectivity index (χ3n) is 5.77. The van der Waals surface area contributed by atoms with Crippen LogP contribution in [0.25, 0.3) is 22.2 Å². The molecule has 0 amide bonds. The maximum atomic E-state index is 11.0. The first-order valence-corrected chi connectivity index (χ1v) is 11.5. The molecule has 6 nitrogen and oxygen atoms in total. The fourth-order valence-electron chi connectivity index (χ4n) is 3.98. The van der Waals surface area contributed by atoms with Crippen LogP contribution in [-0.4, -0.2) is 21.1 Å². The van der Waals surface area contributed by atoms with Crippen molar-refractivity contribution in [3.8, 4) is 23.0 Å². The molecule has 3 aromatic carbocycles. The fourth-order valence-corrected chi connectivity index (χ4v) is 3.98. The molecule has 0 bridgehead atoms. The quantitative estimate of drug-likeness (QED) is 0.269. The van der Waals surface area contributed by atoms with Crippen LogP contribution in [0.15, 0.2) is 91.0 Å². The summed E-state index contributed by atoms with van der Waals surface area (Å²) in [5.41, 5.74) is 5.54. The summed E-state index contributed by atoms with van der Waals surface area (Å²) in [7, 11) is 1.89. The van der Waals surface area contributed by atoms with Gasteiger partial charge in [-0.15, -0.1) is 0 Å². The molecule has 6 heteroatoms. The van der Waals surface area contributed by atoms with Gasteiger partial charge in [-0.05, 0) is 28.8 Å². The first-order chi connectivity index (χ1) is 17.2. The van der Waals surface area contributed by atoms with Gasteiger partial charge in [0.25, 0.3) is 0 Å². The van der Waals surface area contributed by atoms with Crippen LogP contribution >= 0.6 is 0 Å². The number of hydrogen-bond acceptors (Lipinski definition) is 5. The minimum atomic E-state index is 0.372. The molecule has 35 heavy (non-hydrogen) atoms. The van der Waals surface area contributed by atoms with Gasteiger partial charge < -0.3 is 14.3 Å². The molecular formula is C29H25N3O3. The minimum Gasteiger partial charge on any atom is -0.473 e. The number of pyridine rings is 1. The average molecular weight is 464 g/mol. The van der Waals surface area contributed by atoms with Gasteiger partial charge in [-0.2, -0.15) is 10.1 Å². The molecule has 0 atom stereocenters. The number of rotatable bonds is 9. The van der Waals surface area contributed by atoms with Crippen LogP contribution < -0.4 is 9.47 Å². The van der Waals surface area contributed by atoms with Gasteiger partial charge >= 0.3 is 0 Å². The number of fused-ring (bicyclic) bond motifs is 1. The minimum absolute atomic E-state index is 0.372. The van der Waals surface area contributed by atoms with E-state index in [1.807, 2.05) is 103 Å². The maximum absolute atomic E-state index is 11.0. The first-order valence-electron chi connectivity index (χ1n) is 11.5. The lowest BCUT2D eigenvalue weighted by molar-refractivity contribution is -0.107. The highest BCUT2D eigenvalue weighted by Gasteiger charge is 2.18. The zero-order valence-corrected chi connectivity index (χ0v) is 19.4. The van der Waals surface area contributed by atoms with Crippen molar-refractivity contribution in [3.63, 3.8) is 0 Å². The molecule has 5 rings (SSSR count). The lowest BCUT2D eigenvalue weighted by Gasteiger charge is -2.12. The van der Waals surface area contributed by atoms with E-state index in [-0.39, 0.29) is 0 Å². The van der Waals surface area contributed by atoms with Crippen molar-refractivity contribution >= 4 is 17.2 Å². The van der Waals surface area contributed by atoms with Crippen LogP contribution in [0.2, 0.25) is 0 Å². The summed E-state index contributed by atoms with van der Waals surface area (Å²) >= 11 is 0. The number of aryl methyl sites for hydroxylation is 1. The van der Waals surface area contributed by atoms with Gasteiger partial charge in [-0.25, -0.2) is 0 Å². The molecule has 0 radical (unpaired) electrons. The van der Waals surface area contributed by atoms with Crippen molar-refractivity contribution in [2.45, 2.75) is 19.6 Å². The Kier molecular flexibility index (Phi) is 6.52. The van der Waals surface area contributed by atoms with Crippen LogP contribution in [-0.2, 0) is 31.5 Å². The molecule has 0 N–H and O–H groups in total. The molecule has 2 heterocycles. The van der Waals surface area contributed by atoms with Crippen molar-refractivity contribution in [2.24, 2.45) is 7.05 Å². The van der Waals surface area contributed by atoms with E-state index in [1.165, 1.54) is 0 Å². The molecule has 5 aromatic rings. The lowest BCUT2D eigenvalue weighted by Crippen LogP contribution is -2.02. The molecule has 0 aliphatic rings. The molecule has 0 fully saturated rings. The van der Waals surface area contributed by atoms with Gasteiger partial charge in [0.1, 0.15) is 25.2 Å². The summed E-state index contributed by atoms with van der Waals surface area (Å²) in [5.74, 6) is 0.936. The second-order valence-corrected chi connectivity index (χ2v) is 8.25. The van der Waals surface area contributed by atoms with Crippen LogP contribution in [0, 0.1) is 0 Å². The predicted molar refractivity (Wildman–Crippen MR) is 135 cm³/mol. The van der Waals surface area contributed by atoms with Gasteiger partial charge in [-0.3, -0.25) is 4.68 Å². The molecule has 0 unspecified atom stereocenters. The average Bonchev–Trinajstić information content (AvgIpc) is 3.23. The topological polar surface area (TPSA) is 66.2 Å². The Hall–Kier alpha value is -4.45. The monoisotopic (exact) mass is 463 g/mol. The van der Waals surface area contributed by atoms with Crippen molar-refractivity contribution < 1.29 is 14.3 Å². The van der Waals surface area contributed by atoms with Gasteiger partial charge in [0.05, 0.1) is 11.1 Å². The van der Waals surface area contributed by atoms with Crippen molar-refractivity contribution in [1.29, 1.82) is 0 Å². The molecule has 174 valence electrons. The number of carbonyl (C=O) groups is 1. The third kappa shape index (κ3) is 5.06. The summed E-state index contributed by atoms with van der Waals surface area (Å²) in [4.78, 5) is 15.7. The summed E-state index contributed by atoms with van der Waals surface area (Å²) in [6.45, 7) is 0.786. The van der Waals surface area contributed by atoms with E-state index in [0.717, 1.165) is 45.1 Å². The number of carbonyl (C=O) groups excluding carboxylic acids is 1. The maximum Gasteiger partial charge on any atom is 0.226 e. The summed E-state index contributed by atoms with van der Waals surface area (Å²) in [6.07, 6.45) is 1.28. The molecule has 0 aliphatic heterocycles. The highest BCUT2D eigenvalue weighted by Crippen LogP contribution is 2.35. The summed E-state index contributed by atoms with van der Waals surface area (Å²) in [5, 5.41) is 5.73. The molecule has 0 spiro atoms. The Labute approximate surface area is 203 Å². The Balaban J connectivity index is 1.50. The van der Waals surface area contributed by atoms with E-state index in [1.54, 1.807) is 0 Å². The standard InChI is InChI=1S/C29H25N3O3/c1-32-26-18-21(16-17-33)12-13-24(26)28(31-32)25-14-15-27(34-19-22-8-4-2-5-9-22)30-29(25)35-20-23-10-6-3-7-11-23/h2-15,17-18H,16,19-20H2,1H3. The predicted octanol–water partition coefficient (Wildman–Crippen LogP) is 5.53. The van der Waals surface area contributed by atoms with E-state index >= 15 is 0 Å². The van der Waals surface area contributed by atoms with Crippen LogP contribution in [0.5, 0.6) is 11.8 Å².